The minimum absolute atomic E-state index is 0.0434. The van der Waals surface area contributed by atoms with Crippen molar-refractivity contribution in [3.05, 3.63) is 99.6 Å². The van der Waals surface area contributed by atoms with Gasteiger partial charge in [0.25, 0.3) is 0 Å². The minimum Gasteiger partial charge on any atom is -0.258 e. The average molecular weight is 523 g/mol. The Hall–Kier alpha value is -2.75. The van der Waals surface area contributed by atoms with Crippen molar-refractivity contribution in [2.45, 2.75) is 29.2 Å². The second-order valence-corrected chi connectivity index (χ2v) is 10.9. The maximum Gasteiger partial charge on any atom is 0.417 e. The Kier molecular flexibility index (Phi) is 7.06. The number of hydrogen-bond acceptors (Lipinski definition) is 5. The Labute approximate surface area is 204 Å². The summed E-state index contributed by atoms with van der Waals surface area (Å²) in [7, 11) is -3.99. The monoisotopic (exact) mass is 522 g/mol. The maximum atomic E-state index is 13.5. The van der Waals surface area contributed by atoms with Crippen molar-refractivity contribution in [3.8, 4) is 11.3 Å². The zero-order valence-electron chi connectivity index (χ0n) is 17.5. The molecule has 2 aromatic heterocycles. The predicted octanol–water partition coefficient (Wildman–Crippen LogP) is 7.03. The molecule has 0 fully saturated rings. The van der Waals surface area contributed by atoms with E-state index in [-0.39, 0.29) is 28.5 Å². The van der Waals surface area contributed by atoms with Crippen LogP contribution in [-0.4, -0.2) is 18.4 Å². The minimum atomic E-state index is -4.64. The van der Waals surface area contributed by atoms with Gasteiger partial charge in [-0.2, -0.15) is 13.2 Å². The summed E-state index contributed by atoms with van der Waals surface area (Å²) in [5.74, 6) is 0. The lowest BCUT2D eigenvalue weighted by Gasteiger charge is -2.19. The normalized spacial score (nSPS) is 13.1. The number of thiazole rings is 1. The topological polar surface area (TPSA) is 59.9 Å². The van der Waals surface area contributed by atoms with Crippen LogP contribution >= 0.6 is 22.9 Å². The zero-order valence-corrected chi connectivity index (χ0v) is 19.9. The smallest absolute Gasteiger partial charge is 0.258 e. The number of sulfone groups is 1. The summed E-state index contributed by atoms with van der Waals surface area (Å²) in [5.41, 5.74) is 0.558. The van der Waals surface area contributed by atoms with Gasteiger partial charge in [0.1, 0.15) is 5.25 Å². The van der Waals surface area contributed by atoms with Crippen LogP contribution in [0.1, 0.15) is 27.9 Å². The molecule has 34 heavy (non-hydrogen) atoms. The molecule has 0 spiro atoms. The molecule has 0 aliphatic heterocycles. The number of halogens is 4. The van der Waals surface area contributed by atoms with Crippen molar-refractivity contribution in [2.24, 2.45) is 0 Å². The lowest BCUT2D eigenvalue weighted by atomic mass is 10.1. The average Bonchev–Trinajstić information content (AvgIpc) is 3.29. The molecule has 0 saturated heterocycles. The molecule has 2 aromatic carbocycles. The van der Waals surface area contributed by atoms with Crippen molar-refractivity contribution in [1.29, 1.82) is 0 Å². The van der Waals surface area contributed by atoms with Gasteiger partial charge >= 0.3 is 6.18 Å². The van der Waals surface area contributed by atoms with E-state index in [4.69, 9.17) is 11.6 Å². The number of alkyl halides is 3. The third-order valence-electron chi connectivity index (χ3n) is 5.19. The van der Waals surface area contributed by atoms with Crippen LogP contribution in [0.2, 0.25) is 5.02 Å². The van der Waals surface area contributed by atoms with Gasteiger partial charge in [0.15, 0.2) is 9.84 Å². The Morgan fingerprint density at radius 3 is 2.26 bits per heavy atom. The highest BCUT2D eigenvalue weighted by molar-refractivity contribution is 7.91. The quantitative estimate of drug-likeness (QED) is 0.261. The summed E-state index contributed by atoms with van der Waals surface area (Å²) in [5, 5.41) is 1.00. The number of benzene rings is 2. The van der Waals surface area contributed by atoms with Gasteiger partial charge in [-0.25, -0.2) is 13.4 Å². The first-order chi connectivity index (χ1) is 16.2. The van der Waals surface area contributed by atoms with E-state index in [1.807, 2.05) is 35.7 Å². The fraction of sp³-hybridized carbons (Fsp3) is 0.167. The largest absolute Gasteiger partial charge is 0.417 e. The molecule has 0 aliphatic carbocycles. The van der Waals surface area contributed by atoms with Gasteiger partial charge in [0, 0.05) is 23.6 Å². The van der Waals surface area contributed by atoms with Crippen LogP contribution in [0.25, 0.3) is 11.3 Å². The van der Waals surface area contributed by atoms with E-state index in [0.717, 1.165) is 11.3 Å². The van der Waals surface area contributed by atoms with E-state index >= 15 is 0 Å². The van der Waals surface area contributed by atoms with Crippen molar-refractivity contribution in [3.63, 3.8) is 0 Å². The highest BCUT2D eigenvalue weighted by Gasteiger charge is 2.35. The molecule has 0 unspecified atom stereocenters. The molecule has 0 saturated carbocycles. The molecule has 4 aromatic rings. The summed E-state index contributed by atoms with van der Waals surface area (Å²) in [4.78, 5) is 8.49. The molecule has 176 valence electrons. The van der Waals surface area contributed by atoms with Crippen LogP contribution < -0.4 is 0 Å². The van der Waals surface area contributed by atoms with E-state index in [9.17, 15) is 21.6 Å². The first kappa shape index (κ1) is 24.4. The van der Waals surface area contributed by atoms with Crippen LogP contribution in [0.4, 0.5) is 13.2 Å². The molecule has 0 aliphatic rings. The first-order valence-electron chi connectivity index (χ1n) is 10.2. The number of rotatable bonds is 7. The first-order valence-corrected chi connectivity index (χ1v) is 13.0. The van der Waals surface area contributed by atoms with E-state index in [1.165, 1.54) is 23.5 Å². The summed E-state index contributed by atoms with van der Waals surface area (Å²) in [6.45, 7) is 0. The van der Waals surface area contributed by atoms with Crippen LogP contribution in [0.3, 0.4) is 0 Å². The maximum absolute atomic E-state index is 13.5. The molecule has 4 rings (SSSR count). The molecule has 2 heterocycles. The second kappa shape index (κ2) is 9.85. The van der Waals surface area contributed by atoms with Gasteiger partial charge in [0.2, 0.25) is 0 Å². The highest BCUT2D eigenvalue weighted by Crippen LogP contribution is 2.38. The molecule has 1 atom stereocenters. The highest BCUT2D eigenvalue weighted by atomic mass is 35.5. The molecule has 4 nitrogen and oxygen atoms in total. The molecule has 0 N–H and O–H groups in total. The predicted molar refractivity (Wildman–Crippen MR) is 126 cm³/mol. The summed E-state index contributed by atoms with van der Waals surface area (Å²) in [6, 6.07) is 18.0. The summed E-state index contributed by atoms with van der Waals surface area (Å²) >= 11 is 7.54. The molecule has 0 amide bonds. The number of aromatic nitrogens is 2. The number of aryl methyl sites for hydroxylation is 1. The Morgan fingerprint density at radius 1 is 1.00 bits per heavy atom. The van der Waals surface area contributed by atoms with E-state index in [2.05, 4.69) is 9.97 Å². The second-order valence-electron chi connectivity index (χ2n) is 7.47. The van der Waals surface area contributed by atoms with Crippen molar-refractivity contribution in [1.82, 2.24) is 9.97 Å². The molecule has 0 radical (unpaired) electrons. The number of nitrogens with zero attached hydrogens (tertiary/aromatic N) is 2. The van der Waals surface area contributed by atoms with Crippen LogP contribution in [-0.2, 0) is 22.4 Å². The number of hydrogen-bond donors (Lipinski definition) is 0. The number of pyridine rings is 1. The van der Waals surface area contributed by atoms with Gasteiger partial charge in [-0.1, -0.05) is 60.1 Å². The van der Waals surface area contributed by atoms with Gasteiger partial charge in [0.05, 0.1) is 31.9 Å². The third kappa shape index (κ3) is 5.32. The van der Waals surface area contributed by atoms with Crippen molar-refractivity contribution < 1.29 is 21.6 Å². The summed E-state index contributed by atoms with van der Waals surface area (Å²) in [6.07, 6.45) is -3.69. The van der Waals surface area contributed by atoms with Crippen LogP contribution in [0.15, 0.2) is 83.2 Å². The van der Waals surface area contributed by atoms with Crippen LogP contribution in [0.5, 0.6) is 0 Å². The third-order valence-corrected chi connectivity index (χ3v) is 8.54. The van der Waals surface area contributed by atoms with Gasteiger partial charge in [-0.3, -0.25) is 4.98 Å². The molecular formula is C24H18ClF3N2O2S2. The van der Waals surface area contributed by atoms with Gasteiger partial charge in [-0.05, 0) is 24.6 Å². The molecule has 0 bridgehead atoms. The lowest BCUT2D eigenvalue weighted by molar-refractivity contribution is -0.137. The van der Waals surface area contributed by atoms with E-state index in [1.54, 1.807) is 18.2 Å². The van der Waals surface area contributed by atoms with Gasteiger partial charge in [-0.15, -0.1) is 11.3 Å². The molecule has 10 heteroatoms. The van der Waals surface area contributed by atoms with Crippen molar-refractivity contribution in [2.75, 3.05) is 0 Å². The van der Waals surface area contributed by atoms with Gasteiger partial charge < -0.3 is 0 Å². The lowest BCUT2D eigenvalue weighted by Crippen LogP contribution is -2.17. The van der Waals surface area contributed by atoms with E-state index in [0.29, 0.717) is 17.3 Å². The zero-order chi connectivity index (χ0) is 24.3. The fourth-order valence-corrected chi connectivity index (χ4v) is 6.44. The Balaban J connectivity index is 1.67. The fourth-order valence-electron chi connectivity index (χ4n) is 3.48. The van der Waals surface area contributed by atoms with Crippen LogP contribution in [0, 0.1) is 0 Å². The Bertz CT molecular complexity index is 1380. The van der Waals surface area contributed by atoms with E-state index < -0.39 is 26.8 Å². The Morgan fingerprint density at radius 2 is 1.65 bits per heavy atom. The molecular weight excluding hydrogens is 505 g/mol. The van der Waals surface area contributed by atoms with Crippen molar-refractivity contribution >= 4 is 32.8 Å². The SMILES string of the molecule is O=S(=O)(c1ccccc1)[C@@H](CCc1nc(-c2ccccc2)cs1)c1ncc(C(F)(F)F)cc1Cl. The summed E-state index contributed by atoms with van der Waals surface area (Å²) < 4.78 is 66.2. The standard InChI is InChI=1S/C24H18ClF3N2O2S2/c25-19-13-17(24(26,27)28)14-29-23(19)21(34(31,32)18-9-5-2-6-10-18)11-12-22-30-20(15-33-22)16-7-3-1-4-8-16/h1-10,13-15,21H,11-12H2/t21-/m0/s1.